The largest absolute Gasteiger partial charge is 0.326 e. The summed E-state index contributed by atoms with van der Waals surface area (Å²) in [5, 5.41) is 0. The van der Waals surface area contributed by atoms with E-state index in [2.05, 4.69) is 21.0 Å². The first-order chi connectivity index (χ1) is 3.67. The van der Waals surface area contributed by atoms with E-state index in [-0.39, 0.29) is 0 Å². The summed E-state index contributed by atoms with van der Waals surface area (Å²) in [7, 11) is 4.63. The third-order valence-corrected chi connectivity index (χ3v) is 2.35. The minimum absolute atomic E-state index is 1.000. The maximum absolute atomic E-state index is 2.32. The van der Waals surface area contributed by atoms with Crippen LogP contribution in [0.3, 0.4) is 0 Å². The second kappa shape index (κ2) is 1.73. The molecule has 8 heavy (non-hydrogen) atoms. The Morgan fingerprint density at radius 3 is 2.00 bits per heavy atom. The quantitative estimate of drug-likeness (QED) is 0.474. The Morgan fingerprint density at radius 2 is 1.88 bits per heavy atom. The number of quaternary nitrogens is 1. The Morgan fingerprint density at radius 1 is 1.38 bits per heavy atom. The van der Waals surface area contributed by atoms with Gasteiger partial charge in [0.15, 0.2) is 0 Å². The predicted octanol–water partition coefficient (Wildman–Crippen LogP) is 1.25. The van der Waals surface area contributed by atoms with Gasteiger partial charge in [0.2, 0.25) is 0 Å². The number of rotatable bonds is 2. The van der Waals surface area contributed by atoms with E-state index < -0.39 is 0 Å². The van der Waals surface area contributed by atoms with E-state index in [1.54, 1.807) is 0 Å². The highest BCUT2D eigenvalue weighted by Gasteiger charge is 2.36. The SMILES string of the molecule is CC[N+](C)(C)C1CC1. The number of nitrogens with zero attached hydrogens (tertiary/aromatic N) is 1. The predicted molar refractivity (Wildman–Crippen MR) is 35.7 cm³/mol. The first-order valence-corrected chi connectivity index (χ1v) is 3.49. The fraction of sp³-hybridized carbons (Fsp3) is 1.00. The van der Waals surface area contributed by atoms with Gasteiger partial charge in [-0.15, -0.1) is 0 Å². The minimum atomic E-state index is 1.000. The molecule has 0 atom stereocenters. The fourth-order valence-corrected chi connectivity index (χ4v) is 1.03. The van der Waals surface area contributed by atoms with Crippen LogP contribution in [0.15, 0.2) is 0 Å². The van der Waals surface area contributed by atoms with Gasteiger partial charge in [0.05, 0.1) is 26.7 Å². The number of hydrogen-bond donors (Lipinski definition) is 0. The van der Waals surface area contributed by atoms with E-state index in [0.29, 0.717) is 0 Å². The summed E-state index contributed by atoms with van der Waals surface area (Å²) >= 11 is 0. The lowest BCUT2D eigenvalue weighted by molar-refractivity contribution is -0.899. The summed E-state index contributed by atoms with van der Waals surface area (Å²) in [6.07, 6.45) is 2.92. The highest BCUT2D eigenvalue weighted by molar-refractivity contribution is 4.73. The minimum Gasteiger partial charge on any atom is -0.326 e. The van der Waals surface area contributed by atoms with Gasteiger partial charge in [0.25, 0.3) is 0 Å². The average molecular weight is 114 g/mol. The highest BCUT2D eigenvalue weighted by atomic mass is 15.3. The summed E-state index contributed by atoms with van der Waals surface area (Å²) in [6, 6.07) is 1.000. The van der Waals surface area contributed by atoms with Gasteiger partial charge in [-0.05, 0) is 6.92 Å². The van der Waals surface area contributed by atoms with Crippen molar-refractivity contribution in [1.82, 2.24) is 0 Å². The molecule has 1 heteroatoms. The van der Waals surface area contributed by atoms with Crippen LogP contribution in [0.4, 0.5) is 0 Å². The van der Waals surface area contributed by atoms with Crippen LogP contribution in [-0.2, 0) is 0 Å². The molecule has 0 bridgehead atoms. The van der Waals surface area contributed by atoms with Gasteiger partial charge in [0.1, 0.15) is 0 Å². The summed E-state index contributed by atoms with van der Waals surface area (Å²) in [4.78, 5) is 0. The van der Waals surface area contributed by atoms with Crippen molar-refractivity contribution in [3.63, 3.8) is 0 Å². The molecule has 1 aliphatic rings. The molecule has 0 heterocycles. The molecular formula is C7H16N+. The zero-order valence-electron chi connectivity index (χ0n) is 6.15. The summed E-state index contributed by atoms with van der Waals surface area (Å²) < 4.78 is 1.24. The molecule has 0 aromatic heterocycles. The van der Waals surface area contributed by atoms with Gasteiger partial charge < -0.3 is 4.48 Å². The van der Waals surface area contributed by atoms with Crippen molar-refractivity contribution in [2.24, 2.45) is 0 Å². The van der Waals surface area contributed by atoms with Crippen molar-refractivity contribution < 1.29 is 4.48 Å². The van der Waals surface area contributed by atoms with Gasteiger partial charge in [-0.2, -0.15) is 0 Å². The van der Waals surface area contributed by atoms with Crippen LogP contribution >= 0.6 is 0 Å². The number of hydrogen-bond acceptors (Lipinski definition) is 0. The van der Waals surface area contributed by atoms with Crippen LogP contribution in [0.1, 0.15) is 19.8 Å². The molecule has 0 saturated heterocycles. The monoisotopic (exact) mass is 114 g/mol. The molecule has 0 aliphatic heterocycles. The van der Waals surface area contributed by atoms with Gasteiger partial charge in [-0.3, -0.25) is 0 Å². The molecule has 1 aliphatic carbocycles. The van der Waals surface area contributed by atoms with Crippen molar-refractivity contribution in [2.45, 2.75) is 25.8 Å². The van der Waals surface area contributed by atoms with Crippen LogP contribution in [0.2, 0.25) is 0 Å². The van der Waals surface area contributed by atoms with Crippen LogP contribution < -0.4 is 0 Å². The van der Waals surface area contributed by atoms with E-state index in [4.69, 9.17) is 0 Å². The van der Waals surface area contributed by atoms with E-state index in [0.717, 1.165) is 6.04 Å². The van der Waals surface area contributed by atoms with Gasteiger partial charge in [0, 0.05) is 12.8 Å². The summed E-state index contributed by atoms with van der Waals surface area (Å²) in [5.74, 6) is 0. The third-order valence-electron chi connectivity index (χ3n) is 2.35. The van der Waals surface area contributed by atoms with Crippen LogP contribution in [0.25, 0.3) is 0 Å². The van der Waals surface area contributed by atoms with E-state index in [1.165, 1.54) is 23.9 Å². The molecule has 1 fully saturated rings. The zero-order chi connectivity index (χ0) is 6.20. The van der Waals surface area contributed by atoms with Crippen molar-refractivity contribution >= 4 is 0 Å². The molecule has 48 valence electrons. The maximum Gasteiger partial charge on any atom is 0.0890 e. The third kappa shape index (κ3) is 1.03. The molecule has 0 N–H and O–H groups in total. The fourth-order valence-electron chi connectivity index (χ4n) is 1.03. The Kier molecular flexibility index (Phi) is 1.31. The van der Waals surface area contributed by atoms with Gasteiger partial charge >= 0.3 is 0 Å². The van der Waals surface area contributed by atoms with Crippen molar-refractivity contribution in [3.05, 3.63) is 0 Å². The Bertz CT molecular complexity index is 82.4. The summed E-state index contributed by atoms with van der Waals surface area (Å²) in [6.45, 7) is 3.54. The molecule has 0 spiro atoms. The van der Waals surface area contributed by atoms with Crippen molar-refractivity contribution in [3.8, 4) is 0 Å². The molecule has 0 aromatic rings. The maximum atomic E-state index is 2.32. The molecule has 1 nitrogen and oxygen atoms in total. The van der Waals surface area contributed by atoms with Gasteiger partial charge in [-0.25, -0.2) is 0 Å². The first kappa shape index (κ1) is 6.09. The zero-order valence-corrected chi connectivity index (χ0v) is 6.15. The average Bonchev–Trinajstić information content (AvgIpc) is 2.44. The lowest BCUT2D eigenvalue weighted by Gasteiger charge is -2.27. The van der Waals surface area contributed by atoms with Gasteiger partial charge in [-0.1, -0.05) is 0 Å². The molecule has 1 saturated carbocycles. The smallest absolute Gasteiger partial charge is 0.0890 e. The second-order valence-electron chi connectivity index (χ2n) is 3.33. The van der Waals surface area contributed by atoms with E-state index in [1.807, 2.05) is 0 Å². The molecule has 0 unspecified atom stereocenters. The second-order valence-corrected chi connectivity index (χ2v) is 3.33. The first-order valence-electron chi connectivity index (χ1n) is 3.49. The van der Waals surface area contributed by atoms with E-state index >= 15 is 0 Å². The molecule has 1 rings (SSSR count). The highest BCUT2D eigenvalue weighted by Crippen LogP contribution is 2.29. The molecule has 0 aromatic carbocycles. The van der Waals surface area contributed by atoms with Crippen molar-refractivity contribution in [1.29, 1.82) is 0 Å². The molecule has 0 radical (unpaired) electrons. The van der Waals surface area contributed by atoms with Crippen LogP contribution in [0.5, 0.6) is 0 Å². The Labute approximate surface area is 51.9 Å². The van der Waals surface area contributed by atoms with Crippen LogP contribution in [0, 0.1) is 0 Å². The Hall–Kier alpha value is -0.0400. The lowest BCUT2D eigenvalue weighted by atomic mass is 10.4. The molecule has 0 amide bonds. The summed E-state index contributed by atoms with van der Waals surface area (Å²) in [5.41, 5.74) is 0. The van der Waals surface area contributed by atoms with E-state index in [9.17, 15) is 0 Å². The van der Waals surface area contributed by atoms with Crippen molar-refractivity contribution in [2.75, 3.05) is 20.6 Å². The topological polar surface area (TPSA) is 0 Å². The van der Waals surface area contributed by atoms with Crippen LogP contribution in [-0.4, -0.2) is 31.2 Å². The normalized spacial score (nSPS) is 21.4. The standard InChI is InChI=1S/C7H16N/c1-4-8(2,3)7-5-6-7/h7H,4-6H2,1-3H3/q+1. The molecular weight excluding hydrogens is 98.1 g/mol. The Balaban J connectivity index is 2.37. The lowest BCUT2D eigenvalue weighted by Crippen LogP contribution is -2.41.